The molecule has 0 saturated carbocycles. The Balaban J connectivity index is 1.54. The SMILES string of the molecule is CC1(C)OCCn2c1nc1c(NCC3CC#CCCC3)nc(C3=CN/C(=C\C=N)N=C3)nc12. The fourth-order valence-corrected chi connectivity index (χ4v) is 4.34. The average molecular weight is 445 g/mol. The van der Waals surface area contributed by atoms with Gasteiger partial charge in [0.25, 0.3) is 0 Å². The van der Waals surface area contributed by atoms with Crippen LogP contribution in [0.15, 0.2) is 23.1 Å². The number of nitrogens with zero attached hydrogens (tertiary/aromatic N) is 5. The Morgan fingerprint density at radius 3 is 3.06 bits per heavy atom. The molecule has 0 saturated heterocycles. The summed E-state index contributed by atoms with van der Waals surface area (Å²) in [5.74, 6) is 9.75. The Morgan fingerprint density at radius 1 is 1.33 bits per heavy atom. The van der Waals surface area contributed by atoms with Crippen molar-refractivity contribution >= 4 is 35.0 Å². The summed E-state index contributed by atoms with van der Waals surface area (Å²) in [6.45, 7) is 6.17. The van der Waals surface area contributed by atoms with E-state index in [-0.39, 0.29) is 0 Å². The van der Waals surface area contributed by atoms with Gasteiger partial charge in [-0.2, -0.15) is 0 Å². The number of aliphatic imine (C=N–C) groups is 1. The van der Waals surface area contributed by atoms with Crippen molar-refractivity contribution in [2.75, 3.05) is 18.5 Å². The number of allylic oxidation sites excluding steroid dienone is 2. The first kappa shape index (κ1) is 21.3. The predicted molar refractivity (Wildman–Crippen MR) is 129 cm³/mol. The molecular weight excluding hydrogens is 416 g/mol. The molecule has 9 heteroatoms. The topological polar surface area (TPSA) is 113 Å². The van der Waals surface area contributed by atoms with Crippen LogP contribution in [0, 0.1) is 23.2 Å². The quantitative estimate of drug-likeness (QED) is 0.482. The Labute approximate surface area is 193 Å². The van der Waals surface area contributed by atoms with Crippen LogP contribution in [0.5, 0.6) is 0 Å². The number of nitrogens with one attached hydrogen (secondary N) is 3. The van der Waals surface area contributed by atoms with Crippen molar-refractivity contribution in [1.29, 1.82) is 5.41 Å². The summed E-state index contributed by atoms with van der Waals surface area (Å²) in [5, 5.41) is 13.9. The summed E-state index contributed by atoms with van der Waals surface area (Å²) < 4.78 is 8.12. The highest BCUT2D eigenvalue weighted by atomic mass is 16.5. The van der Waals surface area contributed by atoms with E-state index in [0.717, 1.165) is 60.6 Å². The lowest BCUT2D eigenvalue weighted by atomic mass is 10.0. The summed E-state index contributed by atoms with van der Waals surface area (Å²) in [7, 11) is 0. The molecule has 0 amide bonds. The predicted octanol–water partition coefficient (Wildman–Crippen LogP) is 3.20. The standard InChI is InChI=1S/C24H28N8O/c1-24(2)23-29-19-21(28-13-16-7-5-3-4-6-8-16)30-20(31-22(19)32(23)11-12-33-24)17-14-26-18(9-10-25)27-15-17/h9-10,14-16,25-26H,3,5,7-8,11-13H2,1-2H3,(H,28,30,31)/b18-9+,25-10?. The van der Waals surface area contributed by atoms with Crippen molar-refractivity contribution < 1.29 is 4.74 Å². The van der Waals surface area contributed by atoms with E-state index >= 15 is 0 Å². The van der Waals surface area contributed by atoms with E-state index < -0.39 is 5.60 Å². The number of ether oxygens (including phenoxy) is 1. The van der Waals surface area contributed by atoms with Gasteiger partial charge in [0.05, 0.1) is 12.2 Å². The maximum Gasteiger partial charge on any atom is 0.167 e. The summed E-state index contributed by atoms with van der Waals surface area (Å²) in [4.78, 5) is 19.0. The van der Waals surface area contributed by atoms with Crippen LogP contribution in [0.1, 0.15) is 51.2 Å². The zero-order valence-corrected chi connectivity index (χ0v) is 19.0. The highest BCUT2D eigenvalue weighted by molar-refractivity contribution is 6.10. The van der Waals surface area contributed by atoms with Gasteiger partial charge in [-0.25, -0.2) is 19.9 Å². The molecule has 0 radical (unpaired) electrons. The lowest BCUT2D eigenvalue weighted by molar-refractivity contribution is -0.0530. The minimum atomic E-state index is -0.493. The van der Waals surface area contributed by atoms with Crippen LogP contribution in [0.2, 0.25) is 0 Å². The monoisotopic (exact) mass is 444 g/mol. The van der Waals surface area contributed by atoms with Gasteiger partial charge in [-0.1, -0.05) is 0 Å². The fourth-order valence-electron chi connectivity index (χ4n) is 4.34. The molecule has 33 heavy (non-hydrogen) atoms. The zero-order chi connectivity index (χ0) is 22.8. The van der Waals surface area contributed by atoms with Crippen molar-refractivity contribution in [2.45, 2.75) is 51.7 Å². The van der Waals surface area contributed by atoms with Gasteiger partial charge in [0.1, 0.15) is 17.2 Å². The van der Waals surface area contributed by atoms with E-state index in [4.69, 9.17) is 25.1 Å². The highest BCUT2D eigenvalue weighted by Crippen LogP contribution is 2.33. The Morgan fingerprint density at radius 2 is 2.24 bits per heavy atom. The molecule has 1 aliphatic carbocycles. The van der Waals surface area contributed by atoms with Crippen molar-refractivity contribution in [3.63, 3.8) is 0 Å². The number of fused-ring (bicyclic) bond motifs is 3. The second-order valence-electron chi connectivity index (χ2n) is 8.93. The third kappa shape index (κ3) is 4.26. The van der Waals surface area contributed by atoms with Crippen LogP contribution in [-0.2, 0) is 16.9 Å². The molecule has 0 fully saturated rings. The van der Waals surface area contributed by atoms with Crippen LogP contribution in [0.4, 0.5) is 5.82 Å². The van der Waals surface area contributed by atoms with Crippen LogP contribution in [0.25, 0.3) is 16.7 Å². The minimum absolute atomic E-state index is 0.483. The Kier molecular flexibility index (Phi) is 5.68. The van der Waals surface area contributed by atoms with Crippen molar-refractivity contribution in [1.82, 2.24) is 24.8 Å². The van der Waals surface area contributed by atoms with Gasteiger partial charge in [-0.15, -0.1) is 11.8 Å². The van der Waals surface area contributed by atoms with E-state index in [1.165, 1.54) is 6.21 Å². The van der Waals surface area contributed by atoms with Gasteiger partial charge in [0.2, 0.25) is 0 Å². The zero-order valence-electron chi connectivity index (χ0n) is 19.0. The first-order chi connectivity index (χ1) is 16.0. The molecule has 2 aromatic rings. The number of aromatic nitrogens is 4. The molecule has 5 rings (SSSR count). The third-order valence-corrected chi connectivity index (χ3v) is 6.12. The molecule has 0 aromatic carbocycles. The molecule has 9 nitrogen and oxygen atoms in total. The number of hydrogen-bond donors (Lipinski definition) is 3. The van der Waals surface area contributed by atoms with Gasteiger partial charge in [0.15, 0.2) is 22.8 Å². The highest BCUT2D eigenvalue weighted by Gasteiger charge is 2.34. The maximum absolute atomic E-state index is 7.22. The Hall–Kier alpha value is -3.51. The van der Waals surface area contributed by atoms with Crippen LogP contribution in [0.3, 0.4) is 0 Å². The smallest absolute Gasteiger partial charge is 0.167 e. The molecule has 1 unspecified atom stereocenters. The molecule has 1 atom stereocenters. The second-order valence-corrected chi connectivity index (χ2v) is 8.93. The van der Waals surface area contributed by atoms with Crippen LogP contribution in [-0.4, -0.2) is 45.1 Å². The fraction of sp³-hybridized carbons (Fsp3) is 0.458. The average Bonchev–Trinajstić information content (AvgIpc) is 3.00. The van der Waals surface area contributed by atoms with E-state index in [1.54, 1.807) is 12.3 Å². The normalized spacial score (nSPS) is 22.5. The molecule has 0 spiro atoms. The molecule has 0 bridgehead atoms. The lowest BCUT2D eigenvalue weighted by Gasteiger charge is -2.30. The van der Waals surface area contributed by atoms with Crippen molar-refractivity contribution in [3.05, 3.63) is 29.7 Å². The van der Waals surface area contributed by atoms with Crippen LogP contribution < -0.4 is 10.6 Å². The first-order valence-corrected chi connectivity index (χ1v) is 11.4. The molecule has 3 N–H and O–H groups in total. The summed E-state index contributed by atoms with van der Waals surface area (Å²) in [6, 6.07) is 0. The van der Waals surface area contributed by atoms with Gasteiger partial charge in [-0.3, -0.25) is 0 Å². The first-order valence-electron chi connectivity index (χ1n) is 11.4. The second kappa shape index (κ2) is 8.79. The summed E-state index contributed by atoms with van der Waals surface area (Å²) in [6.07, 6.45) is 10.5. The van der Waals surface area contributed by atoms with Gasteiger partial charge < -0.3 is 25.3 Å². The van der Waals surface area contributed by atoms with E-state index in [2.05, 4.69) is 32.0 Å². The Bertz CT molecular complexity index is 1240. The maximum atomic E-state index is 7.22. The molecule has 2 aliphatic heterocycles. The lowest BCUT2D eigenvalue weighted by Crippen LogP contribution is -2.33. The largest absolute Gasteiger partial charge is 0.368 e. The van der Waals surface area contributed by atoms with Crippen molar-refractivity contribution in [2.24, 2.45) is 10.9 Å². The number of imidazole rings is 1. The number of rotatable bonds is 5. The van der Waals surface area contributed by atoms with Gasteiger partial charge in [0, 0.05) is 44.6 Å². The molecule has 170 valence electrons. The van der Waals surface area contributed by atoms with Crippen LogP contribution >= 0.6 is 0 Å². The summed E-state index contributed by atoms with van der Waals surface area (Å²) in [5.41, 5.74) is 1.83. The molecular formula is C24H28N8O. The van der Waals surface area contributed by atoms with Gasteiger partial charge in [-0.05, 0) is 38.7 Å². The van der Waals surface area contributed by atoms with Crippen molar-refractivity contribution in [3.8, 4) is 11.8 Å². The molecule has 3 aliphatic rings. The number of hydrogen-bond acceptors (Lipinski definition) is 8. The van der Waals surface area contributed by atoms with Gasteiger partial charge >= 0.3 is 0 Å². The van der Waals surface area contributed by atoms with E-state index in [9.17, 15) is 0 Å². The minimum Gasteiger partial charge on any atom is -0.368 e. The summed E-state index contributed by atoms with van der Waals surface area (Å²) >= 11 is 0. The van der Waals surface area contributed by atoms with E-state index in [0.29, 0.717) is 30.7 Å². The molecule has 2 aromatic heterocycles. The van der Waals surface area contributed by atoms with E-state index in [1.807, 2.05) is 20.0 Å². The number of anilines is 1. The third-order valence-electron chi connectivity index (χ3n) is 6.12. The molecule has 4 heterocycles.